The molecule has 0 spiro atoms. The summed E-state index contributed by atoms with van der Waals surface area (Å²) < 4.78 is 9.20. The normalized spacial score (nSPS) is 13.8. The zero-order valence-corrected chi connectivity index (χ0v) is 10.5. The Hall–Kier alpha value is 1.80. The minimum absolute atomic E-state index is 1.29. The second kappa shape index (κ2) is 4.16. The first-order valence-electron chi connectivity index (χ1n) is 1.97. The molecule has 0 aliphatic heterocycles. The predicted molar refractivity (Wildman–Crippen MR) is 48.9 cm³/mol. The summed E-state index contributed by atoms with van der Waals surface area (Å²) in [6.07, 6.45) is -3.22. The summed E-state index contributed by atoms with van der Waals surface area (Å²) in [5.41, 5.74) is 0. The van der Waals surface area contributed by atoms with Crippen LogP contribution in [0, 0.1) is 0 Å². The number of hydrogen-bond donors (Lipinski definition) is 0. The molecular weight excluding hydrogens is 277 g/mol. The van der Waals surface area contributed by atoms with Gasteiger partial charge in [0.1, 0.15) is 0 Å². The fourth-order valence-electron chi connectivity index (χ4n) is 0.176. The van der Waals surface area contributed by atoms with Crippen LogP contribution >= 0.6 is 55.4 Å². The molecule has 62 valence electrons. The van der Waals surface area contributed by atoms with Gasteiger partial charge in [-0.1, -0.05) is 55.4 Å². The second-order valence-electron chi connectivity index (χ2n) is 1.22. The van der Waals surface area contributed by atoms with E-state index in [1.54, 1.807) is 0 Å². The van der Waals surface area contributed by atoms with Crippen molar-refractivity contribution >= 4 is 68.8 Å². The lowest BCUT2D eigenvalue weighted by Crippen LogP contribution is -2.36. The van der Waals surface area contributed by atoms with Crippen LogP contribution in [0.3, 0.4) is 0 Å². The van der Waals surface area contributed by atoms with E-state index in [4.69, 9.17) is 55.4 Å². The summed E-state index contributed by atoms with van der Waals surface area (Å²) in [5, 5.41) is 0. The van der Waals surface area contributed by atoms with Gasteiger partial charge in [0.15, 0.2) is 0 Å². The smallest absolute Gasteiger partial charge is 0.377 e. The summed E-state index contributed by atoms with van der Waals surface area (Å²) in [6, 6.07) is 0. The summed E-state index contributed by atoms with van der Waals surface area (Å²) in [7, 11) is -1.91. The maximum atomic E-state index is 5.45. The van der Waals surface area contributed by atoms with E-state index in [0.717, 1.165) is 0 Å². The molecule has 0 aliphatic carbocycles. The van der Waals surface area contributed by atoms with E-state index < -0.39 is 13.4 Å². The fraction of sp³-hybridized carbons (Fsp3) is 1.00. The summed E-state index contributed by atoms with van der Waals surface area (Å²) in [4.78, 5) is 0. The Morgan fingerprint density at radius 3 is 1.50 bits per heavy atom. The van der Waals surface area contributed by atoms with Crippen LogP contribution in [0.2, 0.25) is 0 Å². The van der Waals surface area contributed by atoms with Crippen LogP contribution in [0.25, 0.3) is 0 Å². The van der Waals surface area contributed by atoms with E-state index in [2.05, 4.69) is 8.54 Å². The summed E-state index contributed by atoms with van der Waals surface area (Å²) >= 11 is 26.9. The fourth-order valence-corrected chi connectivity index (χ4v) is 8.74. The maximum Gasteiger partial charge on any atom is 0.543 e. The van der Waals surface area contributed by atoms with Crippen molar-refractivity contribution in [2.75, 3.05) is 7.11 Å². The first kappa shape index (κ1) is 11.8. The van der Waals surface area contributed by atoms with Crippen molar-refractivity contribution in [1.82, 2.24) is 0 Å². The Balaban J connectivity index is 3.89. The van der Waals surface area contributed by atoms with Crippen molar-refractivity contribution in [2.24, 2.45) is 0 Å². The van der Waals surface area contributed by atoms with Gasteiger partial charge in [0, 0.05) is 7.11 Å². The molecule has 0 fully saturated rings. The third-order valence-electron chi connectivity index (χ3n) is 0.472. The van der Waals surface area contributed by atoms with Gasteiger partial charge in [-0.2, -0.15) is 0 Å². The third kappa shape index (κ3) is 6.51. The largest absolute Gasteiger partial charge is 0.543 e. The molecule has 0 aromatic heterocycles. The Kier molecular flexibility index (Phi) is 4.91. The Morgan fingerprint density at radius 2 is 1.40 bits per heavy atom. The molecule has 0 N–H and O–H groups in total. The highest BCUT2D eigenvalue weighted by Crippen LogP contribution is 2.30. The quantitative estimate of drug-likeness (QED) is 0.584. The zero-order valence-electron chi connectivity index (χ0n) is 4.71. The van der Waals surface area contributed by atoms with Crippen molar-refractivity contribution < 1.29 is 8.54 Å². The van der Waals surface area contributed by atoms with Gasteiger partial charge in [0.25, 0.3) is 0 Å². The summed E-state index contributed by atoms with van der Waals surface area (Å²) in [5.74, 6) is 0. The molecule has 0 unspecified atom stereocenters. The van der Waals surface area contributed by atoms with E-state index in [0.29, 0.717) is 0 Å². The van der Waals surface area contributed by atoms with Gasteiger partial charge >= 0.3 is 13.4 Å². The highest BCUT2D eigenvalue weighted by Gasteiger charge is 2.43. The number of rotatable bonds is 3. The molecule has 9 heteroatoms. The van der Waals surface area contributed by atoms with Crippen molar-refractivity contribution in [2.45, 2.75) is 0 Å². The first-order valence-corrected chi connectivity index (χ1v) is 10.7. The van der Waals surface area contributed by atoms with Crippen LogP contribution in [-0.2, 0) is 8.54 Å². The SMILES string of the molecule is CO[Si](Cl)(Cl)O[Si](Cl)(Cl)Cl. The molecule has 0 radical (unpaired) electrons. The standard InChI is InChI=1S/CH3Cl5O2Si2/c1-7-10(5,6)8-9(2,3)4/h1H3. The molecule has 0 amide bonds. The topological polar surface area (TPSA) is 18.5 Å². The Morgan fingerprint density at radius 1 is 1.00 bits per heavy atom. The predicted octanol–water partition coefficient (Wildman–Crippen LogP) is 2.71. The average Bonchev–Trinajstić information content (AvgIpc) is 1.60. The van der Waals surface area contributed by atoms with Gasteiger partial charge in [-0.05, 0) is 0 Å². The maximum absolute atomic E-state index is 5.45. The van der Waals surface area contributed by atoms with E-state index in [1.165, 1.54) is 7.11 Å². The zero-order chi connectivity index (χ0) is 8.41. The Bertz CT molecular complexity index is 111. The molecule has 0 rings (SSSR count). The number of halogens is 5. The van der Waals surface area contributed by atoms with Crippen LogP contribution < -0.4 is 0 Å². The van der Waals surface area contributed by atoms with Crippen LogP contribution in [0.4, 0.5) is 0 Å². The molecule has 0 atom stereocenters. The van der Waals surface area contributed by atoms with E-state index in [9.17, 15) is 0 Å². The van der Waals surface area contributed by atoms with Crippen molar-refractivity contribution in [3.05, 3.63) is 0 Å². The minimum atomic E-state index is -3.22. The number of hydrogen-bond acceptors (Lipinski definition) is 2. The third-order valence-corrected chi connectivity index (χ3v) is 7.22. The van der Waals surface area contributed by atoms with Crippen LogP contribution in [0.5, 0.6) is 0 Å². The van der Waals surface area contributed by atoms with Crippen molar-refractivity contribution in [3.63, 3.8) is 0 Å². The molecule has 0 aromatic carbocycles. The molecule has 0 heterocycles. The van der Waals surface area contributed by atoms with Gasteiger partial charge in [-0.25, -0.2) is 0 Å². The lowest BCUT2D eigenvalue weighted by molar-refractivity contribution is 0.352. The van der Waals surface area contributed by atoms with Gasteiger partial charge in [-0.3, -0.25) is 0 Å². The molecule has 10 heavy (non-hydrogen) atoms. The molecule has 0 saturated carbocycles. The van der Waals surface area contributed by atoms with Gasteiger partial charge in [-0.15, -0.1) is 0 Å². The van der Waals surface area contributed by atoms with E-state index in [-0.39, 0.29) is 0 Å². The lowest BCUT2D eigenvalue weighted by atomic mass is 11.8. The van der Waals surface area contributed by atoms with Crippen molar-refractivity contribution in [1.29, 1.82) is 0 Å². The molecule has 0 saturated heterocycles. The first-order chi connectivity index (χ1) is 4.27. The van der Waals surface area contributed by atoms with E-state index >= 15 is 0 Å². The van der Waals surface area contributed by atoms with Crippen LogP contribution in [0.15, 0.2) is 0 Å². The molecular formula is CH3Cl5O2Si2. The molecule has 0 aromatic rings. The van der Waals surface area contributed by atoms with E-state index in [1.807, 2.05) is 0 Å². The highest BCUT2D eigenvalue weighted by atomic mass is 35.8. The second-order valence-corrected chi connectivity index (χ2v) is 14.4. The monoisotopic (exact) mass is 278 g/mol. The lowest BCUT2D eigenvalue weighted by Gasteiger charge is -2.17. The highest BCUT2D eigenvalue weighted by molar-refractivity contribution is 7.64. The molecule has 2 nitrogen and oxygen atoms in total. The Labute approximate surface area is 84.1 Å². The molecule has 0 bridgehead atoms. The van der Waals surface area contributed by atoms with Crippen molar-refractivity contribution in [3.8, 4) is 0 Å². The minimum Gasteiger partial charge on any atom is -0.377 e. The van der Waals surface area contributed by atoms with Gasteiger partial charge in [0.05, 0.1) is 0 Å². The van der Waals surface area contributed by atoms with Crippen LogP contribution in [0.1, 0.15) is 0 Å². The van der Waals surface area contributed by atoms with Gasteiger partial charge < -0.3 is 8.54 Å². The van der Waals surface area contributed by atoms with Gasteiger partial charge in [0.2, 0.25) is 0 Å². The summed E-state index contributed by atoms with van der Waals surface area (Å²) in [6.45, 7) is 0. The van der Waals surface area contributed by atoms with Crippen LogP contribution in [-0.4, -0.2) is 20.5 Å². The molecule has 0 aliphatic rings. The average molecular weight is 280 g/mol.